The van der Waals surface area contributed by atoms with E-state index in [2.05, 4.69) is 0 Å². The molecule has 9 nitrogen and oxygen atoms in total. The second-order valence-electron chi connectivity index (χ2n) is 6.77. The molecule has 0 saturated heterocycles. The maximum atomic E-state index is 12.7. The molecule has 0 unspecified atom stereocenters. The van der Waals surface area contributed by atoms with Gasteiger partial charge in [-0.25, -0.2) is 13.2 Å². The summed E-state index contributed by atoms with van der Waals surface area (Å²) in [4.78, 5) is 26.5. The van der Waals surface area contributed by atoms with Gasteiger partial charge in [-0.1, -0.05) is 31.5 Å². The lowest BCUT2D eigenvalue weighted by molar-refractivity contribution is -0.121. The Morgan fingerprint density at radius 2 is 1.91 bits per heavy atom. The van der Waals surface area contributed by atoms with Crippen LogP contribution in [0.5, 0.6) is 0 Å². The number of amides is 1. The average Bonchev–Trinajstić information content (AvgIpc) is 3.15. The van der Waals surface area contributed by atoms with Crippen LogP contribution in [0.2, 0.25) is 5.02 Å². The van der Waals surface area contributed by atoms with E-state index < -0.39 is 28.5 Å². The third kappa shape index (κ3) is 5.88. The van der Waals surface area contributed by atoms with E-state index >= 15 is 0 Å². The molecule has 0 N–H and O–H groups in total. The first-order valence-corrected chi connectivity index (χ1v) is 11.7. The molecular formula is C21H25ClN4O5S. The van der Waals surface area contributed by atoms with E-state index in [1.807, 2.05) is 6.07 Å². The van der Waals surface area contributed by atoms with Crippen molar-refractivity contribution in [2.24, 2.45) is 7.05 Å². The van der Waals surface area contributed by atoms with Crippen molar-refractivity contribution < 1.29 is 22.7 Å². The second-order valence-corrected chi connectivity index (χ2v) is 9.15. The van der Waals surface area contributed by atoms with Crippen LogP contribution in [0.3, 0.4) is 0 Å². The Bertz CT molecular complexity index is 1120. The second kappa shape index (κ2) is 11.1. The van der Waals surface area contributed by atoms with Crippen LogP contribution in [0, 0.1) is 11.3 Å². The molecule has 2 rings (SSSR count). The first-order chi connectivity index (χ1) is 15.1. The first-order valence-electron chi connectivity index (χ1n) is 9.92. The number of halogens is 1. The Morgan fingerprint density at radius 3 is 2.50 bits per heavy atom. The van der Waals surface area contributed by atoms with E-state index in [1.165, 1.54) is 33.1 Å². The van der Waals surface area contributed by atoms with Crippen LogP contribution in [0.25, 0.3) is 0 Å². The Morgan fingerprint density at radius 1 is 1.22 bits per heavy atom. The Labute approximate surface area is 192 Å². The van der Waals surface area contributed by atoms with E-state index in [0.29, 0.717) is 23.8 Å². The molecule has 0 saturated carbocycles. The van der Waals surface area contributed by atoms with Gasteiger partial charge in [0, 0.05) is 43.6 Å². The molecule has 1 aromatic heterocycles. The van der Waals surface area contributed by atoms with Crippen LogP contribution in [0.15, 0.2) is 41.4 Å². The van der Waals surface area contributed by atoms with Crippen molar-refractivity contribution in [1.29, 1.82) is 5.26 Å². The smallest absolute Gasteiger partial charge is 0.355 e. The van der Waals surface area contributed by atoms with Crippen LogP contribution < -0.4 is 4.90 Å². The van der Waals surface area contributed by atoms with E-state index in [4.69, 9.17) is 21.6 Å². The third-order valence-corrected chi connectivity index (χ3v) is 6.98. The number of esters is 1. The van der Waals surface area contributed by atoms with Gasteiger partial charge in [-0.3, -0.25) is 4.79 Å². The number of carbonyl (C=O) groups excluding carboxylic acids is 2. The predicted molar refractivity (Wildman–Crippen MR) is 120 cm³/mol. The van der Waals surface area contributed by atoms with Gasteiger partial charge in [0.25, 0.3) is 5.91 Å². The maximum Gasteiger partial charge on any atom is 0.355 e. The zero-order valence-corrected chi connectivity index (χ0v) is 19.7. The van der Waals surface area contributed by atoms with Crippen molar-refractivity contribution in [2.45, 2.75) is 25.2 Å². The molecule has 11 heteroatoms. The average molecular weight is 481 g/mol. The molecule has 32 heavy (non-hydrogen) atoms. The van der Waals surface area contributed by atoms with Gasteiger partial charge >= 0.3 is 5.97 Å². The van der Waals surface area contributed by atoms with Crippen molar-refractivity contribution in [2.75, 3.05) is 31.1 Å². The number of nitrogens with zero attached hydrogens (tertiary/aromatic N) is 4. The summed E-state index contributed by atoms with van der Waals surface area (Å²) in [5.74, 6) is -1.38. The molecule has 0 radical (unpaired) electrons. The molecule has 0 aliphatic carbocycles. The summed E-state index contributed by atoms with van der Waals surface area (Å²) >= 11 is 5.99. The number of nitriles is 1. The normalized spacial score (nSPS) is 11.2. The molecule has 0 bridgehead atoms. The summed E-state index contributed by atoms with van der Waals surface area (Å²) < 4.78 is 33.1. The minimum Gasteiger partial charge on any atom is -0.451 e. The SMILES string of the molecule is CCN(CC)S(=O)(=O)c1cc(C(=O)OCC(=O)N(CCC#N)c2cccc(Cl)c2)n(C)c1. The van der Waals surface area contributed by atoms with E-state index in [-0.39, 0.29) is 23.6 Å². The van der Waals surface area contributed by atoms with Crippen molar-refractivity contribution in [3.63, 3.8) is 0 Å². The lowest BCUT2D eigenvalue weighted by Crippen LogP contribution is -2.35. The van der Waals surface area contributed by atoms with Crippen LogP contribution in [-0.4, -0.2) is 55.4 Å². The topological polar surface area (TPSA) is 113 Å². The molecule has 0 aliphatic heterocycles. The summed E-state index contributed by atoms with van der Waals surface area (Å²) in [7, 11) is -2.23. The molecule has 1 aromatic carbocycles. The van der Waals surface area contributed by atoms with Crippen molar-refractivity contribution >= 4 is 39.2 Å². The molecule has 172 valence electrons. The van der Waals surface area contributed by atoms with E-state index in [9.17, 15) is 18.0 Å². The highest BCUT2D eigenvalue weighted by Gasteiger charge is 2.26. The number of aryl methyl sites for hydroxylation is 1. The Balaban J connectivity index is 2.16. The van der Waals surface area contributed by atoms with Crippen LogP contribution in [-0.2, 0) is 26.6 Å². The van der Waals surface area contributed by atoms with Crippen molar-refractivity contribution in [1.82, 2.24) is 8.87 Å². The minimum atomic E-state index is -3.75. The third-order valence-electron chi connectivity index (χ3n) is 4.73. The first kappa shape index (κ1) is 25.4. The minimum absolute atomic E-state index is 0.00476. The van der Waals surface area contributed by atoms with Gasteiger partial charge < -0.3 is 14.2 Å². The zero-order chi connectivity index (χ0) is 23.9. The Hall–Kier alpha value is -2.87. The number of benzene rings is 1. The highest BCUT2D eigenvalue weighted by molar-refractivity contribution is 7.89. The number of rotatable bonds is 10. The largest absolute Gasteiger partial charge is 0.451 e. The number of sulfonamides is 1. The molecule has 1 amide bonds. The lowest BCUT2D eigenvalue weighted by Gasteiger charge is -2.21. The highest BCUT2D eigenvalue weighted by atomic mass is 35.5. The van der Waals surface area contributed by atoms with Gasteiger partial charge in [-0.15, -0.1) is 0 Å². The summed E-state index contributed by atoms with van der Waals surface area (Å²) in [6.07, 6.45) is 1.41. The van der Waals surface area contributed by atoms with Gasteiger partial charge in [0.1, 0.15) is 10.6 Å². The molecular weight excluding hydrogens is 456 g/mol. The van der Waals surface area contributed by atoms with Crippen LogP contribution >= 0.6 is 11.6 Å². The fourth-order valence-electron chi connectivity index (χ4n) is 3.07. The maximum absolute atomic E-state index is 12.7. The van der Waals surface area contributed by atoms with Crippen LogP contribution in [0.4, 0.5) is 5.69 Å². The standard InChI is InChI=1S/C21H25ClN4O5S/c1-4-25(5-2)32(29,30)18-13-19(24(3)14-18)21(28)31-15-20(27)26(11-7-10-23)17-9-6-8-16(22)12-17/h6,8-9,12-14H,4-5,7,11,15H2,1-3H3. The molecule has 0 aliphatic rings. The van der Waals surface area contributed by atoms with Crippen molar-refractivity contribution in [3.8, 4) is 6.07 Å². The molecule has 0 atom stereocenters. The molecule has 2 aromatic rings. The summed E-state index contributed by atoms with van der Waals surface area (Å²) in [5, 5.41) is 9.30. The quantitative estimate of drug-likeness (QED) is 0.483. The number of hydrogen-bond donors (Lipinski definition) is 0. The Kier molecular flexibility index (Phi) is 8.83. The number of hydrogen-bond acceptors (Lipinski definition) is 6. The monoisotopic (exact) mass is 480 g/mol. The predicted octanol–water partition coefficient (Wildman–Crippen LogP) is 2.81. The molecule has 1 heterocycles. The summed E-state index contributed by atoms with van der Waals surface area (Å²) in [5.41, 5.74) is 0.468. The van der Waals surface area contributed by atoms with E-state index in [1.54, 1.807) is 38.1 Å². The van der Waals surface area contributed by atoms with Gasteiger partial charge in [0.2, 0.25) is 10.0 Å². The van der Waals surface area contributed by atoms with Crippen molar-refractivity contribution in [3.05, 3.63) is 47.2 Å². The van der Waals surface area contributed by atoms with Gasteiger partial charge in [-0.2, -0.15) is 9.57 Å². The molecule has 0 spiro atoms. The lowest BCUT2D eigenvalue weighted by atomic mass is 10.2. The van der Waals surface area contributed by atoms with E-state index in [0.717, 1.165) is 0 Å². The number of anilines is 1. The number of carbonyl (C=O) groups is 2. The summed E-state index contributed by atoms with van der Waals surface area (Å²) in [6, 6.07) is 9.74. The summed E-state index contributed by atoms with van der Waals surface area (Å²) in [6.45, 7) is 3.56. The number of aromatic nitrogens is 1. The zero-order valence-electron chi connectivity index (χ0n) is 18.1. The van der Waals surface area contributed by atoms with Gasteiger partial charge in [-0.05, 0) is 24.3 Å². The number of ether oxygens (including phenoxy) is 1. The fraction of sp³-hybridized carbons (Fsp3) is 0.381. The fourth-order valence-corrected chi connectivity index (χ4v) is 4.79. The molecule has 0 fully saturated rings. The van der Waals surface area contributed by atoms with Gasteiger partial charge in [0.05, 0.1) is 12.5 Å². The highest BCUT2D eigenvalue weighted by Crippen LogP contribution is 2.21. The van der Waals surface area contributed by atoms with Crippen LogP contribution in [0.1, 0.15) is 30.8 Å². The van der Waals surface area contributed by atoms with Gasteiger partial charge in [0.15, 0.2) is 6.61 Å².